The van der Waals surface area contributed by atoms with E-state index in [9.17, 15) is 9.59 Å². The van der Waals surface area contributed by atoms with Crippen LogP contribution in [0.25, 0.3) is 11.0 Å². The van der Waals surface area contributed by atoms with E-state index in [1.165, 1.54) is 0 Å². The average molecular weight is 380 g/mol. The van der Waals surface area contributed by atoms with Crippen molar-refractivity contribution in [3.8, 4) is 0 Å². The van der Waals surface area contributed by atoms with Crippen molar-refractivity contribution in [3.63, 3.8) is 0 Å². The summed E-state index contributed by atoms with van der Waals surface area (Å²) in [4.78, 5) is 32.1. The average Bonchev–Trinajstić information content (AvgIpc) is 3.39. The van der Waals surface area contributed by atoms with Crippen LogP contribution in [0, 0.1) is 11.8 Å². The Hall–Kier alpha value is -2.67. The molecule has 7 heteroatoms. The van der Waals surface area contributed by atoms with Crippen molar-refractivity contribution in [2.45, 2.75) is 38.5 Å². The van der Waals surface area contributed by atoms with Crippen LogP contribution < -0.4 is 5.32 Å². The highest BCUT2D eigenvalue weighted by Gasteiger charge is 2.66. The van der Waals surface area contributed by atoms with Crippen LogP contribution in [0.15, 0.2) is 30.4 Å². The highest BCUT2D eigenvalue weighted by Crippen LogP contribution is 2.51. The minimum atomic E-state index is -0.640. The number of ether oxygens (including phenoxy) is 1. The lowest BCUT2D eigenvalue weighted by Gasteiger charge is -2.23. The van der Waals surface area contributed by atoms with Gasteiger partial charge in [0.25, 0.3) is 0 Å². The molecule has 3 aliphatic rings. The number of hydrogen-bond acceptors (Lipinski definition) is 4. The molecule has 2 bridgehead atoms. The van der Waals surface area contributed by atoms with Crippen molar-refractivity contribution < 1.29 is 14.3 Å². The smallest absolute Gasteiger partial charge is 0.231 e. The molecule has 4 heterocycles. The van der Waals surface area contributed by atoms with Crippen LogP contribution in [0.5, 0.6) is 0 Å². The number of nitrogens with zero attached hydrogens (tertiary/aromatic N) is 3. The van der Waals surface area contributed by atoms with Gasteiger partial charge < -0.3 is 19.5 Å². The number of likely N-dealkylation sites (tertiary alicyclic amines) is 1. The zero-order valence-electron chi connectivity index (χ0n) is 16.3. The third-order valence-electron chi connectivity index (χ3n) is 6.32. The van der Waals surface area contributed by atoms with Gasteiger partial charge in [0, 0.05) is 25.7 Å². The van der Waals surface area contributed by atoms with E-state index >= 15 is 0 Å². The lowest BCUT2D eigenvalue weighted by atomic mass is 9.77. The highest BCUT2D eigenvalue weighted by molar-refractivity contribution is 6.00. The summed E-state index contributed by atoms with van der Waals surface area (Å²) >= 11 is 0. The Morgan fingerprint density at radius 1 is 1.39 bits per heavy atom. The van der Waals surface area contributed by atoms with Gasteiger partial charge >= 0.3 is 0 Å². The van der Waals surface area contributed by atoms with E-state index in [0.717, 1.165) is 29.8 Å². The molecule has 146 valence electrons. The van der Waals surface area contributed by atoms with Crippen molar-refractivity contribution in [2.24, 2.45) is 11.8 Å². The largest absolute Gasteiger partial charge is 0.360 e. The maximum Gasteiger partial charge on any atom is 0.231 e. The number of aryl methyl sites for hydroxylation is 2. The highest BCUT2D eigenvalue weighted by atomic mass is 16.5. The van der Waals surface area contributed by atoms with Gasteiger partial charge in [-0.1, -0.05) is 19.1 Å². The van der Waals surface area contributed by atoms with Crippen LogP contribution in [-0.4, -0.2) is 51.6 Å². The number of rotatable bonds is 4. The molecule has 2 aromatic rings. The van der Waals surface area contributed by atoms with Crippen molar-refractivity contribution in [1.29, 1.82) is 0 Å². The van der Waals surface area contributed by atoms with Crippen LogP contribution in [0.4, 0.5) is 5.69 Å². The molecule has 2 amide bonds. The normalized spacial score (nSPS) is 30.5. The topological polar surface area (TPSA) is 76.5 Å². The third-order valence-corrected chi connectivity index (χ3v) is 6.32. The Morgan fingerprint density at radius 3 is 2.96 bits per heavy atom. The van der Waals surface area contributed by atoms with Crippen molar-refractivity contribution >= 4 is 28.5 Å². The molecule has 1 spiro atoms. The lowest BCUT2D eigenvalue weighted by molar-refractivity contribution is -0.134. The van der Waals surface area contributed by atoms with Gasteiger partial charge in [0.1, 0.15) is 11.4 Å². The fourth-order valence-electron chi connectivity index (χ4n) is 5.10. The summed E-state index contributed by atoms with van der Waals surface area (Å²) in [7, 11) is 1.76. The first-order chi connectivity index (χ1) is 13.5. The number of aromatic nitrogens is 2. The Bertz CT molecular complexity index is 1030. The minimum absolute atomic E-state index is 0.0169. The SMILES string of the molecule is CCc1nc2cc(NC(=O)[C@H]3[C@@H]4C=C[C@@]5(CN(C)C(=O)[C@@H]35)O4)ccc2n1CC. The number of nitrogens with one attached hydrogen (secondary N) is 1. The second-order valence-electron chi connectivity index (χ2n) is 7.91. The van der Waals surface area contributed by atoms with Crippen LogP contribution in [0.3, 0.4) is 0 Å². The second kappa shape index (κ2) is 5.91. The number of carbonyl (C=O) groups is 2. The van der Waals surface area contributed by atoms with E-state index in [-0.39, 0.29) is 17.9 Å². The van der Waals surface area contributed by atoms with Crippen LogP contribution in [0.2, 0.25) is 0 Å². The van der Waals surface area contributed by atoms with E-state index in [2.05, 4.69) is 23.7 Å². The van der Waals surface area contributed by atoms with E-state index in [1.54, 1.807) is 11.9 Å². The molecular formula is C21H24N4O3. The van der Waals surface area contributed by atoms with Gasteiger partial charge in [0.15, 0.2) is 0 Å². The van der Waals surface area contributed by atoms with Gasteiger partial charge in [-0.2, -0.15) is 0 Å². The zero-order chi connectivity index (χ0) is 19.6. The summed E-state index contributed by atoms with van der Waals surface area (Å²) < 4.78 is 8.25. The number of amides is 2. The number of anilines is 1. The maximum absolute atomic E-state index is 13.1. The number of imidazole rings is 1. The molecule has 0 unspecified atom stereocenters. The fourth-order valence-corrected chi connectivity index (χ4v) is 5.10. The molecule has 1 aromatic carbocycles. The molecule has 1 N–H and O–H groups in total. The van der Waals surface area contributed by atoms with Crippen molar-refractivity contribution in [2.75, 3.05) is 18.9 Å². The molecule has 2 saturated heterocycles. The quantitative estimate of drug-likeness (QED) is 0.823. The molecule has 28 heavy (non-hydrogen) atoms. The Kier molecular flexibility index (Phi) is 3.68. The number of fused-ring (bicyclic) bond motifs is 2. The van der Waals surface area contributed by atoms with E-state index in [0.29, 0.717) is 12.2 Å². The Labute approximate surface area is 163 Å². The fraction of sp³-hybridized carbons (Fsp3) is 0.476. The molecule has 0 radical (unpaired) electrons. The molecule has 1 aromatic heterocycles. The molecule has 0 aliphatic carbocycles. The number of benzene rings is 1. The van der Waals surface area contributed by atoms with E-state index < -0.39 is 17.4 Å². The minimum Gasteiger partial charge on any atom is -0.360 e. The van der Waals surface area contributed by atoms with Crippen LogP contribution >= 0.6 is 0 Å². The molecular weight excluding hydrogens is 356 g/mol. The predicted molar refractivity (Wildman–Crippen MR) is 105 cm³/mol. The maximum atomic E-state index is 13.1. The van der Waals surface area contributed by atoms with Gasteiger partial charge in [-0.15, -0.1) is 0 Å². The first kappa shape index (κ1) is 17.4. The molecule has 5 rings (SSSR count). The number of hydrogen-bond donors (Lipinski definition) is 1. The van der Waals surface area contributed by atoms with Crippen LogP contribution in [0.1, 0.15) is 19.7 Å². The summed E-state index contributed by atoms with van der Waals surface area (Å²) in [6.07, 6.45) is 4.41. The molecule has 2 fully saturated rings. The summed E-state index contributed by atoms with van der Waals surface area (Å²) in [5.74, 6) is -0.0967. The summed E-state index contributed by atoms with van der Waals surface area (Å²) in [6, 6.07) is 5.80. The molecule has 0 saturated carbocycles. The van der Waals surface area contributed by atoms with Crippen molar-refractivity contribution in [1.82, 2.24) is 14.5 Å². The summed E-state index contributed by atoms with van der Waals surface area (Å²) in [5.41, 5.74) is 1.99. The summed E-state index contributed by atoms with van der Waals surface area (Å²) in [5, 5.41) is 3.00. The number of likely N-dealkylation sites (N-methyl/N-ethyl adjacent to an activating group) is 1. The third kappa shape index (κ3) is 2.22. The molecule has 7 nitrogen and oxygen atoms in total. The van der Waals surface area contributed by atoms with E-state index in [1.807, 2.05) is 30.4 Å². The molecule has 3 aliphatic heterocycles. The second-order valence-corrected chi connectivity index (χ2v) is 7.91. The van der Waals surface area contributed by atoms with Gasteiger partial charge in [-0.3, -0.25) is 9.59 Å². The Balaban J connectivity index is 1.43. The predicted octanol–water partition coefficient (Wildman–Crippen LogP) is 1.97. The Morgan fingerprint density at radius 2 is 2.21 bits per heavy atom. The standard InChI is InChI=1S/C21H24N4O3/c1-4-16-23-13-10-12(6-7-14(13)25(16)5-2)22-19(26)17-15-8-9-21(28-15)11-24(3)20(27)18(17)21/h6-10,15,17-18H,4-5,11H2,1-3H3,(H,22,26)/t15-,17-,18+,21-/m0/s1. The zero-order valence-corrected chi connectivity index (χ0v) is 16.3. The summed E-state index contributed by atoms with van der Waals surface area (Å²) in [6.45, 7) is 5.56. The van der Waals surface area contributed by atoms with Gasteiger partial charge in [-0.05, 0) is 25.1 Å². The van der Waals surface area contributed by atoms with Gasteiger partial charge in [-0.25, -0.2) is 4.98 Å². The van der Waals surface area contributed by atoms with Crippen LogP contribution in [-0.2, 0) is 27.3 Å². The van der Waals surface area contributed by atoms with Gasteiger partial charge in [0.05, 0.1) is 35.5 Å². The first-order valence-corrected chi connectivity index (χ1v) is 9.89. The molecule has 4 atom stereocenters. The van der Waals surface area contributed by atoms with E-state index in [4.69, 9.17) is 9.72 Å². The van der Waals surface area contributed by atoms with Gasteiger partial charge in [0.2, 0.25) is 11.8 Å². The first-order valence-electron chi connectivity index (χ1n) is 9.89. The monoisotopic (exact) mass is 380 g/mol. The van der Waals surface area contributed by atoms with Crippen molar-refractivity contribution in [3.05, 3.63) is 36.2 Å². The number of carbonyl (C=O) groups excluding carboxylic acids is 2. The lowest BCUT2D eigenvalue weighted by Crippen LogP contribution is -2.41.